The van der Waals surface area contributed by atoms with Crippen LogP contribution in [0.5, 0.6) is 6.01 Å². The van der Waals surface area contributed by atoms with E-state index in [-0.39, 0.29) is 12.0 Å². The summed E-state index contributed by atoms with van der Waals surface area (Å²) < 4.78 is 15.9. The molecule has 11 nitrogen and oxygen atoms in total. The van der Waals surface area contributed by atoms with Crippen molar-refractivity contribution in [1.29, 1.82) is 0 Å². The molecule has 3 aromatic heterocycles. The van der Waals surface area contributed by atoms with E-state index < -0.39 is 0 Å². The van der Waals surface area contributed by atoms with Gasteiger partial charge in [0.2, 0.25) is 11.9 Å². The molecule has 2 aliphatic carbocycles. The molecular formula is C29H34N8O3. The molecule has 1 amide bonds. The lowest BCUT2D eigenvalue weighted by molar-refractivity contribution is -0.143. The molecule has 1 spiro atoms. The number of fused-ring (bicyclic) bond motifs is 2. The Bertz CT molecular complexity index is 1630. The molecule has 208 valence electrons. The van der Waals surface area contributed by atoms with Gasteiger partial charge < -0.3 is 19.3 Å². The molecule has 8 rings (SSSR count). The molecule has 1 unspecified atom stereocenters. The predicted molar refractivity (Wildman–Crippen MR) is 149 cm³/mol. The summed E-state index contributed by atoms with van der Waals surface area (Å²) in [5.41, 5.74) is 3.67. The second-order valence-corrected chi connectivity index (χ2v) is 11.7. The number of morpholine rings is 1. The minimum absolute atomic E-state index is 0.0703. The maximum absolute atomic E-state index is 12.9. The summed E-state index contributed by atoms with van der Waals surface area (Å²) in [5, 5.41) is 0. The van der Waals surface area contributed by atoms with Gasteiger partial charge in [-0.15, -0.1) is 0 Å². The Kier molecular flexibility index (Phi) is 5.35. The number of imidazole rings is 2. The van der Waals surface area contributed by atoms with Crippen LogP contribution >= 0.6 is 0 Å². The summed E-state index contributed by atoms with van der Waals surface area (Å²) >= 11 is 0. The van der Waals surface area contributed by atoms with Crippen molar-refractivity contribution in [1.82, 2.24) is 34.0 Å². The van der Waals surface area contributed by atoms with Crippen LogP contribution in [0.2, 0.25) is 0 Å². The number of ether oxygens (including phenoxy) is 2. The lowest BCUT2D eigenvalue weighted by atomic mass is 9.79. The van der Waals surface area contributed by atoms with Crippen LogP contribution in [0.25, 0.3) is 28.1 Å². The van der Waals surface area contributed by atoms with Crippen LogP contribution in [0.3, 0.4) is 0 Å². The van der Waals surface area contributed by atoms with E-state index in [1.54, 1.807) is 0 Å². The normalized spacial score (nSPS) is 22.1. The SMILES string of the molecule is CCc1nc2ccccc2n1-c1nc(N2CCOCC2)c2nc(OC3CN(C(=O)C4CC45CCC5)C3)n(C)c2n1. The highest BCUT2D eigenvalue weighted by Gasteiger charge is 2.62. The van der Waals surface area contributed by atoms with Crippen molar-refractivity contribution in [2.24, 2.45) is 18.4 Å². The third kappa shape index (κ3) is 3.63. The fourth-order valence-corrected chi connectivity index (χ4v) is 6.70. The summed E-state index contributed by atoms with van der Waals surface area (Å²) in [7, 11) is 1.93. The molecule has 11 heteroatoms. The molecule has 40 heavy (non-hydrogen) atoms. The van der Waals surface area contributed by atoms with Crippen molar-refractivity contribution in [2.45, 2.75) is 45.1 Å². The van der Waals surface area contributed by atoms with Crippen LogP contribution in [0.15, 0.2) is 24.3 Å². The monoisotopic (exact) mass is 542 g/mol. The van der Waals surface area contributed by atoms with E-state index in [0.29, 0.717) is 60.7 Å². The van der Waals surface area contributed by atoms with Gasteiger partial charge >= 0.3 is 0 Å². The van der Waals surface area contributed by atoms with Crippen molar-refractivity contribution in [3.63, 3.8) is 0 Å². The van der Waals surface area contributed by atoms with Crippen LogP contribution in [-0.2, 0) is 23.0 Å². The molecule has 4 aromatic rings. The smallest absolute Gasteiger partial charge is 0.298 e. The summed E-state index contributed by atoms with van der Waals surface area (Å²) in [6.07, 6.45) is 5.48. The first-order valence-corrected chi connectivity index (χ1v) is 14.5. The van der Waals surface area contributed by atoms with Gasteiger partial charge in [-0.2, -0.15) is 15.0 Å². The molecular weight excluding hydrogens is 508 g/mol. The quantitative estimate of drug-likeness (QED) is 0.367. The molecule has 4 aliphatic rings. The van der Waals surface area contributed by atoms with Gasteiger partial charge in [-0.25, -0.2) is 4.98 Å². The van der Waals surface area contributed by atoms with Crippen molar-refractivity contribution >= 4 is 33.9 Å². The molecule has 2 aliphatic heterocycles. The Morgan fingerprint density at radius 2 is 1.90 bits per heavy atom. The Hall–Kier alpha value is -3.73. The van der Waals surface area contributed by atoms with E-state index in [1.807, 2.05) is 34.7 Å². The second-order valence-electron chi connectivity index (χ2n) is 11.7. The molecule has 0 bridgehead atoms. The van der Waals surface area contributed by atoms with E-state index in [0.717, 1.165) is 48.6 Å². The molecule has 0 radical (unpaired) electrons. The van der Waals surface area contributed by atoms with Gasteiger partial charge in [0.25, 0.3) is 6.01 Å². The van der Waals surface area contributed by atoms with Gasteiger partial charge in [-0.3, -0.25) is 13.9 Å². The molecule has 4 fully saturated rings. The number of amides is 1. The Labute approximate surface area is 232 Å². The highest BCUT2D eigenvalue weighted by molar-refractivity contribution is 5.86. The number of nitrogens with zero attached hydrogens (tertiary/aromatic N) is 8. The van der Waals surface area contributed by atoms with Gasteiger partial charge in [-0.1, -0.05) is 25.5 Å². The molecule has 1 atom stereocenters. The van der Waals surface area contributed by atoms with E-state index in [9.17, 15) is 4.79 Å². The lowest BCUT2D eigenvalue weighted by Gasteiger charge is -2.39. The zero-order chi connectivity index (χ0) is 27.0. The first kappa shape index (κ1) is 24.1. The van der Waals surface area contributed by atoms with E-state index in [1.165, 1.54) is 19.3 Å². The number of carbonyl (C=O) groups is 1. The molecule has 1 aromatic carbocycles. The average molecular weight is 543 g/mol. The van der Waals surface area contributed by atoms with Gasteiger partial charge in [0.1, 0.15) is 11.9 Å². The molecule has 2 saturated heterocycles. The highest BCUT2D eigenvalue weighted by atomic mass is 16.5. The number of benzene rings is 1. The van der Waals surface area contributed by atoms with Crippen molar-refractivity contribution in [2.75, 3.05) is 44.3 Å². The predicted octanol–water partition coefficient (Wildman–Crippen LogP) is 2.88. The highest BCUT2D eigenvalue weighted by Crippen LogP contribution is 2.66. The lowest BCUT2D eigenvalue weighted by Crippen LogP contribution is -2.57. The van der Waals surface area contributed by atoms with Crippen LogP contribution in [0, 0.1) is 11.3 Å². The molecule has 0 N–H and O–H groups in total. The number of hydrogen-bond donors (Lipinski definition) is 0. The van der Waals surface area contributed by atoms with Crippen molar-refractivity contribution in [3.05, 3.63) is 30.1 Å². The minimum Gasteiger partial charge on any atom is -0.458 e. The van der Waals surface area contributed by atoms with E-state index in [4.69, 9.17) is 29.4 Å². The van der Waals surface area contributed by atoms with Gasteiger partial charge in [0, 0.05) is 32.5 Å². The standard InChI is InChI=1S/C29H34N8O3/c1-3-22-30-20-7-4-5-8-21(20)37(22)27-32-24-23(25(33-27)35-11-13-39-14-12-35)31-28(34(24)2)40-18-16-36(17-18)26(38)19-15-29(19)9-6-10-29/h4-5,7-8,18-19H,3,6,9-17H2,1-2H3. The summed E-state index contributed by atoms with van der Waals surface area (Å²) in [6, 6.07) is 8.59. The van der Waals surface area contributed by atoms with Crippen molar-refractivity contribution < 1.29 is 14.3 Å². The zero-order valence-electron chi connectivity index (χ0n) is 23.0. The van der Waals surface area contributed by atoms with E-state index in [2.05, 4.69) is 22.5 Å². The summed E-state index contributed by atoms with van der Waals surface area (Å²) in [4.78, 5) is 36.9. The van der Waals surface area contributed by atoms with Crippen LogP contribution in [0.4, 0.5) is 5.82 Å². The fraction of sp³-hybridized carbons (Fsp3) is 0.552. The van der Waals surface area contributed by atoms with Crippen LogP contribution in [-0.4, -0.2) is 85.4 Å². The Morgan fingerprint density at radius 3 is 2.62 bits per heavy atom. The van der Waals surface area contributed by atoms with Crippen molar-refractivity contribution in [3.8, 4) is 12.0 Å². The summed E-state index contributed by atoms with van der Waals surface area (Å²) in [6.45, 7) is 6.05. The molecule has 5 heterocycles. The van der Waals surface area contributed by atoms with Gasteiger partial charge in [-0.05, 0) is 36.8 Å². The maximum atomic E-state index is 12.9. The Morgan fingerprint density at radius 1 is 1.10 bits per heavy atom. The zero-order valence-corrected chi connectivity index (χ0v) is 23.0. The number of aryl methyl sites for hydroxylation is 2. The number of rotatable bonds is 6. The number of carbonyl (C=O) groups excluding carboxylic acids is 1. The number of likely N-dealkylation sites (tertiary alicyclic amines) is 1. The number of anilines is 1. The molecule has 2 saturated carbocycles. The van der Waals surface area contributed by atoms with Gasteiger partial charge in [0.15, 0.2) is 17.0 Å². The van der Waals surface area contributed by atoms with Crippen LogP contribution in [0.1, 0.15) is 38.4 Å². The third-order valence-corrected chi connectivity index (χ3v) is 9.37. The fourth-order valence-electron chi connectivity index (χ4n) is 6.70. The Balaban J connectivity index is 1.13. The average Bonchev–Trinajstić information content (AvgIpc) is 3.51. The van der Waals surface area contributed by atoms with E-state index >= 15 is 0 Å². The largest absolute Gasteiger partial charge is 0.458 e. The van der Waals surface area contributed by atoms with Crippen LogP contribution < -0.4 is 9.64 Å². The third-order valence-electron chi connectivity index (χ3n) is 9.37. The van der Waals surface area contributed by atoms with Gasteiger partial charge in [0.05, 0.1) is 37.3 Å². The maximum Gasteiger partial charge on any atom is 0.298 e. The summed E-state index contributed by atoms with van der Waals surface area (Å²) in [5.74, 6) is 2.82. The number of para-hydroxylation sites is 2. The second kappa shape index (κ2) is 8.89. The topological polar surface area (TPSA) is 103 Å². The number of hydrogen-bond acceptors (Lipinski definition) is 8. The first-order valence-electron chi connectivity index (χ1n) is 14.5. The number of aromatic nitrogens is 6. The first-order chi connectivity index (χ1) is 19.5. The minimum atomic E-state index is -0.0703.